The number of carbonyl (C=O) groups is 1. The SMILES string of the molecule is O=C(NCc1cc(-c2ccc3c(c2)OCCO3)on1)c1cc2ccccc2oc1=O. The molecule has 0 bridgehead atoms. The molecule has 0 fully saturated rings. The van der Waals surface area contributed by atoms with Crippen LogP contribution >= 0.6 is 0 Å². The highest BCUT2D eigenvalue weighted by Crippen LogP contribution is 2.34. The van der Waals surface area contributed by atoms with E-state index in [1.54, 1.807) is 30.3 Å². The molecule has 30 heavy (non-hydrogen) atoms. The Kier molecular flexibility index (Phi) is 4.44. The molecule has 150 valence electrons. The second-order valence-corrected chi connectivity index (χ2v) is 6.71. The number of aromatic nitrogens is 1. The Morgan fingerprint density at radius 3 is 2.73 bits per heavy atom. The molecule has 4 aromatic rings. The average Bonchev–Trinajstić information content (AvgIpc) is 3.26. The summed E-state index contributed by atoms with van der Waals surface area (Å²) in [6, 6.07) is 15.7. The molecule has 1 N–H and O–H groups in total. The van der Waals surface area contributed by atoms with Gasteiger partial charge in [0.15, 0.2) is 17.3 Å². The number of rotatable bonds is 4. The van der Waals surface area contributed by atoms with Gasteiger partial charge in [-0.2, -0.15) is 0 Å². The van der Waals surface area contributed by atoms with Gasteiger partial charge < -0.3 is 23.7 Å². The van der Waals surface area contributed by atoms with E-state index in [4.69, 9.17) is 18.4 Å². The predicted octanol–water partition coefficient (Wildman–Crippen LogP) is 3.15. The minimum atomic E-state index is -0.691. The topological polar surface area (TPSA) is 104 Å². The van der Waals surface area contributed by atoms with Crippen LogP contribution in [0.5, 0.6) is 11.5 Å². The van der Waals surface area contributed by atoms with Gasteiger partial charge in [-0.05, 0) is 30.3 Å². The number of carbonyl (C=O) groups excluding carboxylic acids is 1. The van der Waals surface area contributed by atoms with Crippen LogP contribution in [0.3, 0.4) is 0 Å². The molecule has 2 aromatic carbocycles. The monoisotopic (exact) mass is 404 g/mol. The van der Waals surface area contributed by atoms with Gasteiger partial charge in [0.25, 0.3) is 5.91 Å². The number of ether oxygens (including phenoxy) is 2. The van der Waals surface area contributed by atoms with E-state index >= 15 is 0 Å². The molecule has 1 amide bonds. The lowest BCUT2D eigenvalue weighted by molar-refractivity contribution is 0.0946. The minimum Gasteiger partial charge on any atom is -0.486 e. The van der Waals surface area contributed by atoms with Gasteiger partial charge in [0.1, 0.15) is 30.1 Å². The fraction of sp³-hybridized carbons (Fsp3) is 0.136. The highest BCUT2D eigenvalue weighted by Gasteiger charge is 2.16. The molecule has 2 aromatic heterocycles. The third kappa shape index (κ3) is 3.39. The van der Waals surface area contributed by atoms with Gasteiger partial charge in [-0.3, -0.25) is 4.79 Å². The molecule has 0 atom stereocenters. The summed E-state index contributed by atoms with van der Waals surface area (Å²) in [5.74, 6) is 1.32. The summed E-state index contributed by atoms with van der Waals surface area (Å²) < 4.78 is 21.7. The van der Waals surface area contributed by atoms with Crippen LogP contribution in [0.4, 0.5) is 0 Å². The number of hydrogen-bond acceptors (Lipinski definition) is 7. The lowest BCUT2D eigenvalue weighted by Gasteiger charge is -2.18. The lowest BCUT2D eigenvalue weighted by atomic mass is 10.1. The Labute approximate surface area is 170 Å². The molecule has 1 aliphatic rings. The number of fused-ring (bicyclic) bond motifs is 2. The van der Waals surface area contributed by atoms with Crippen molar-refractivity contribution >= 4 is 16.9 Å². The Morgan fingerprint density at radius 2 is 1.83 bits per heavy atom. The molecule has 1 aliphatic heterocycles. The van der Waals surface area contributed by atoms with Gasteiger partial charge >= 0.3 is 5.63 Å². The predicted molar refractivity (Wildman–Crippen MR) is 107 cm³/mol. The first kappa shape index (κ1) is 18.0. The van der Waals surface area contributed by atoms with Gasteiger partial charge in [0.2, 0.25) is 0 Å². The zero-order valence-electron chi connectivity index (χ0n) is 15.7. The summed E-state index contributed by atoms with van der Waals surface area (Å²) in [6.45, 7) is 1.11. The first-order valence-electron chi connectivity index (χ1n) is 9.34. The summed E-state index contributed by atoms with van der Waals surface area (Å²) in [4.78, 5) is 24.6. The fourth-order valence-corrected chi connectivity index (χ4v) is 3.21. The molecule has 0 saturated heterocycles. The number of benzene rings is 2. The number of hydrogen-bond donors (Lipinski definition) is 1. The van der Waals surface area contributed by atoms with E-state index in [0.29, 0.717) is 47.1 Å². The molecule has 0 radical (unpaired) electrons. The van der Waals surface area contributed by atoms with Crippen molar-refractivity contribution in [2.75, 3.05) is 13.2 Å². The molecule has 3 heterocycles. The standard InChI is InChI=1S/C22H16N2O6/c25-21(16-9-13-3-1-2-4-17(13)29-22(16)26)23-12-15-11-19(30-24-15)14-5-6-18-20(10-14)28-8-7-27-18/h1-6,9-11H,7-8,12H2,(H,23,25). The van der Waals surface area contributed by atoms with Crippen LogP contribution in [0.2, 0.25) is 0 Å². The van der Waals surface area contributed by atoms with Crippen molar-refractivity contribution in [2.45, 2.75) is 6.54 Å². The summed E-state index contributed by atoms with van der Waals surface area (Å²) >= 11 is 0. The van der Waals surface area contributed by atoms with Crippen molar-refractivity contribution in [3.05, 3.63) is 76.3 Å². The minimum absolute atomic E-state index is 0.0655. The highest BCUT2D eigenvalue weighted by molar-refractivity contribution is 5.96. The highest BCUT2D eigenvalue weighted by atomic mass is 16.6. The zero-order valence-corrected chi connectivity index (χ0v) is 15.7. The number of amides is 1. The van der Waals surface area contributed by atoms with E-state index in [1.165, 1.54) is 6.07 Å². The van der Waals surface area contributed by atoms with E-state index in [0.717, 1.165) is 5.56 Å². The van der Waals surface area contributed by atoms with Crippen LogP contribution < -0.4 is 20.4 Å². The second kappa shape index (κ2) is 7.40. The van der Waals surface area contributed by atoms with Gasteiger partial charge in [-0.1, -0.05) is 23.4 Å². The van der Waals surface area contributed by atoms with Crippen LogP contribution in [0.15, 0.2) is 68.3 Å². The van der Waals surface area contributed by atoms with Gasteiger partial charge in [0, 0.05) is 17.0 Å². The lowest BCUT2D eigenvalue weighted by Crippen LogP contribution is -2.27. The van der Waals surface area contributed by atoms with E-state index < -0.39 is 11.5 Å². The third-order valence-corrected chi connectivity index (χ3v) is 4.70. The molecule has 0 saturated carbocycles. The van der Waals surface area contributed by atoms with E-state index in [9.17, 15) is 9.59 Å². The van der Waals surface area contributed by atoms with Gasteiger partial charge in [-0.25, -0.2) is 4.79 Å². The van der Waals surface area contributed by atoms with E-state index in [-0.39, 0.29) is 12.1 Å². The van der Waals surface area contributed by atoms with Gasteiger partial charge in [0.05, 0.1) is 6.54 Å². The summed E-state index contributed by atoms with van der Waals surface area (Å²) in [6.07, 6.45) is 0. The smallest absolute Gasteiger partial charge is 0.349 e. The maximum atomic E-state index is 12.5. The van der Waals surface area contributed by atoms with Crippen LogP contribution in [-0.2, 0) is 6.54 Å². The molecular weight excluding hydrogens is 388 g/mol. The van der Waals surface area contributed by atoms with Crippen LogP contribution in [0.25, 0.3) is 22.3 Å². The van der Waals surface area contributed by atoms with Crippen molar-refractivity contribution in [3.63, 3.8) is 0 Å². The maximum absolute atomic E-state index is 12.5. The van der Waals surface area contributed by atoms with Crippen molar-refractivity contribution in [2.24, 2.45) is 0 Å². The zero-order chi connectivity index (χ0) is 20.5. The van der Waals surface area contributed by atoms with Crippen LogP contribution in [-0.4, -0.2) is 24.3 Å². The fourth-order valence-electron chi connectivity index (χ4n) is 3.21. The third-order valence-electron chi connectivity index (χ3n) is 4.70. The molecule has 0 unspecified atom stereocenters. The Balaban J connectivity index is 1.31. The molecule has 8 nitrogen and oxygen atoms in total. The van der Waals surface area contributed by atoms with Crippen molar-refractivity contribution in [1.29, 1.82) is 0 Å². The first-order valence-corrected chi connectivity index (χ1v) is 9.34. The second-order valence-electron chi connectivity index (χ2n) is 6.71. The largest absolute Gasteiger partial charge is 0.486 e. The number of nitrogens with one attached hydrogen (secondary N) is 1. The normalized spacial score (nSPS) is 12.7. The molecule has 5 rings (SSSR count). The van der Waals surface area contributed by atoms with Crippen LogP contribution in [0.1, 0.15) is 16.1 Å². The Morgan fingerprint density at radius 1 is 1.00 bits per heavy atom. The summed E-state index contributed by atoms with van der Waals surface area (Å²) in [5, 5.41) is 7.32. The number of nitrogens with zero attached hydrogens (tertiary/aromatic N) is 1. The quantitative estimate of drug-likeness (QED) is 0.521. The van der Waals surface area contributed by atoms with E-state index in [1.807, 2.05) is 18.2 Å². The number of para-hydroxylation sites is 1. The van der Waals surface area contributed by atoms with E-state index in [2.05, 4.69) is 10.5 Å². The summed E-state index contributed by atoms with van der Waals surface area (Å²) in [7, 11) is 0. The molecule has 8 heteroatoms. The molecule has 0 spiro atoms. The Hall–Kier alpha value is -4.07. The van der Waals surface area contributed by atoms with Crippen molar-refractivity contribution < 1.29 is 23.2 Å². The molecule has 0 aliphatic carbocycles. The van der Waals surface area contributed by atoms with Crippen molar-refractivity contribution in [1.82, 2.24) is 10.5 Å². The average molecular weight is 404 g/mol. The van der Waals surface area contributed by atoms with Gasteiger partial charge in [-0.15, -0.1) is 0 Å². The first-order chi connectivity index (χ1) is 14.7. The van der Waals surface area contributed by atoms with Crippen molar-refractivity contribution in [3.8, 4) is 22.8 Å². The summed E-state index contributed by atoms with van der Waals surface area (Å²) in [5.41, 5.74) is 0.963. The molecular formula is C22H16N2O6. The van der Waals surface area contributed by atoms with Crippen LogP contribution in [0, 0.1) is 0 Å². The maximum Gasteiger partial charge on any atom is 0.349 e. The Bertz CT molecular complexity index is 1310.